The Balaban J connectivity index is 1.66. The van der Waals surface area contributed by atoms with Crippen molar-refractivity contribution in [3.8, 4) is 0 Å². The number of aliphatic hydroxyl groups excluding tert-OH is 1. The summed E-state index contributed by atoms with van der Waals surface area (Å²) in [7, 11) is 0. The number of para-hydroxylation sites is 1. The quantitative estimate of drug-likeness (QED) is 0.379. The van der Waals surface area contributed by atoms with Crippen LogP contribution in [-0.2, 0) is 14.4 Å². The lowest BCUT2D eigenvalue weighted by atomic mass is 9.65. The third kappa shape index (κ3) is 5.48. The number of nitrogens with one attached hydrogen (secondary N) is 2. The summed E-state index contributed by atoms with van der Waals surface area (Å²) >= 11 is 1.71. The molecule has 0 aliphatic carbocycles. The van der Waals surface area contributed by atoms with Gasteiger partial charge in [0.15, 0.2) is 0 Å². The van der Waals surface area contributed by atoms with E-state index in [0.717, 1.165) is 24.9 Å². The average molecular weight is 544 g/mol. The monoisotopic (exact) mass is 543 g/mol. The minimum absolute atomic E-state index is 0.0112. The van der Waals surface area contributed by atoms with Crippen LogP contribution < -0.4 is 10.6 Å². The van der Waals surface area contributed by atoms with E-state index in [4.69, 9.17) is 0 Å². The van der Waals surface area contributed by atoms with E-state index in [-0.39, 0.29) is 40.9 Å². The zero-order valence-electron chi connectivity index (χ0n) is 23.8. The smallest absolute Gasteiger partial charge is 0.244 e. The molecule has 8 heteroatoms. The third-order valence-corrected chi connectivity index (χ3v) is 10.4. The lowest BCUT2D eigenvalue weighted by Gasteiger charge is -2.41. The Morgan fingerprint density at radius 2 is 1.76 bits per heavy atom. The maximum atomic E-state index is 14.2. The normalized spacial score (nSPS) is 30.4. The molecule has 3 heterocycles. The summed E-state index contributed by atoms with van der Waals surface area (Å²) in [6.07, 6.45) is 3.78. The second kappa shape index (κ2) is 10.8. The Hall–Kier alpha value is -2.06. The van der Waals surface area contributed by atoms with Crippen molar-refractivity contribution in [2.24, 2.45) is 23.2 Å². The van der Waals surface area contributed by atoms with Gasteiger partial charge in [0.1, 0.15) is 6.04 Å². The fourth-order valence-corrected chi connectivity index (χ4v) is 9.87. The summed E-state index contributed by atoms with van der Waals surface area (Å²) in [6, 6.07) is 8.75. The van der Waals surface area contributed by atoms with E-state index < -0.39 is 28.2 Å². The van der Waals surface area contributed by atoms with Crippen LogP contribution in [-0.4, -0.2) is 62.5 Å². The molecular formula is C30H45N3O4S. The highest BCUT2D eigenvalue weighted by Gasteiger charge is 2.76. The van der Waals surface area contributed by atoms with E-state index in [1.165, 1.54) is 0 Å². The SMILES string of the molecule is CC1C[C@H]2SC13C(C(=O)NC(C)(C)CC(C)(C)C)N(CCCCCO)C(=O)[C@@H]3[C@H]2C(=O)Nc1ccccc1. The number of unbranched alkanes of at least 4 members (excludes halogenated alkanes) is 2. The van der Waals surface area contributed by atoms with E-state index >= 15 is 0 Å². The molecule has 7 nitrogen and oxygen atoms in total. The topological polar surface area (TPSA) is 98.7 Å². The third-order valence-electron chi connectivity index (χ3n) is 8.33. The van der Waals surface area contributed by atoms with Gasteiger partial charge >= 0.3 is 0 Å². The van der Waals surface area contributed by atoms with Crippen molar-refractivity contribution >= 4 is 35.2 Å². The van der Waals surface area contributed by atoms with Crippen LogP contribution >= 0.6 is 11.8 Å². The van der Waals surface area contributed by atoms with Gasteiger partial charge in [-0.25, -0.2) is 0 Å². The number of nitrogens with zero attached hydrogens (tertiary/aromatic N) is 1. The molecule has 3 N–H and O–H groups in total. The molecule has 1 aromatic rings. The zero-order valence-corrected chi connectivity index (χ0v) is 24.6. The molecule has 3 amide bonds. The lowest BCUT2D eigenvalue weighted by Crippen LogP contribution is -2.60. The summed E-state index contributed by atoms with van der Waals surface area (Å²) in [6.45, 7) is 13.3. The van der Waals surface area contributed by atoms with E-state index in [0.29, 0.717) is 19.4 Å². The molecule has 3 aliphatic heterocycles. The Bertz CT molecular complexity index is 1040. The first-order valence-corrected chi connectivity index (χ1v) is 15.0. The number of fused-ring (bicyclic) bond motifs is 1. The van der Waals surface area contributed by atoms with Crippen LogP contribution in [0, 0.1) is 23.2 Å². The maximum absolute atomic E-state index is 14.2. The van der Waals surface area contributed by atoms with Gasteiger partial charge < -0.3 is 20.6 Å². The molecular weight excluding hydrogens is 498 g/mol. The van der Waals surface area contributed by atoms with Gasteiger partial charge in [0.2, 0.25) is 17.7 Å². The molecule has 1 spiro atoms. The van der Waals surface area contributed by atoms with Gasteiger partial charge in [-0.2, -0.15) is 0 Å². The Labute approximate surface area is 231 Å². The number of benzene rings is 1. The summed E-state index contributed by atoms with van der Waals surface area (Å²) < 4.78 is -0.626. The van der Waals surface area contributed by atoms with Crippen molar-refractivity contribution in [3.05, 3.63) is 30.3 Å². The van der Waals surface area contributed by atoms with Crippen molar-refractivity contribution < 1.29 is 19.5 Å². The molecule has 2 bridgehead atoms. The number of aliphatic hydroxyl groups is 1. The van der Waals surface area contributed by atoms with Crippen LogP contribution in [0.15, 0.2) is 30.3 Å². The summed E-state index contributed by atoms with van der Waals surface area (Å²) in [5.41, 5.74) is 0.308. The predicted molar refractivity (Wildman–Crippen MR) is 153 cm³/mol. The van der Waals surface area contributed by atoms with Crippen molar-refractivity contribution in [1.29, 1.82) is 0 Å². The molecule has 0 saturated carbocycles. The second-order valence-corrected chi connectivity index (χ2v) is 14.9. The number of rotatable bonds is 10. The number of amides is 3. The van der Waals surface area contributed by atoms with Gasteiger partial charge in [-0.05, 0) is 69.4 Å². The van der Waals surface area contributed by atoms with Crippen LogP contribution in [0.1, 0.15) is 73.6 Å². The number of carbonyl (C=O) groups is 3. The second-order valence-electron chi connectivity index (χ2n) is 13.3. The van der Waals surface area contributed by atoms with Gasteiger partial charge in [-0.1, -0.05) is 45.9 Å². The van der Waals surface area contributed by atoms with Gasteiger partial charge in [-0.3, -0.25) is 14.4 Å². The maximum Gasteiger partial charge on any atom is 0.244 e. The van der Waals surface area contributed by atoms with Gasteiger partial charge in [0.25, 0.3) is 0 Å². The molecule has 3 fully saturated rings. The average Bonchev–Trinajstić information content (AvgIpc) is 3.39. The number of thioether (sulfide) groups is 1. The molecule has 3 saturated heterocycles. The largest absolute Gasteiger partial charge is 0.396 e. The first-order valence-electron chi connectivity index (χ1n) is 14.1. The van der Waals surface area contributed by atoms with Crippen LogP contribution in [0.3, 0.4) is 0 Å². The molecule has 0 radical (unpaired) electrons. The van der Waals surface area contributed by atoms with Crippen LogP contribution in [0.5, 0.6) is 0 Å². The molecule has 3 aliphatic rings. The Kier molecular flexibility index (Phi) is 8.25. The fraction of sp³-hybridized carbons (Fsp3) is 0.700. The van der Waals surface area contributed by atoms with Crippen molar-refractivity contribution in [2.75, 3.05) is 18.5 Å². The number of carbonyl (C=O) groups excluding carboxylic acids is 3. The van der Waals surface area contributed by atoms with Crippen LogP contribution in [0.2, 0.25) is 0 Å². The van der Waals surface area contributed by atoms with Crippen LogP contribution in [0.4, 0.5) is 5.69 Å². The predicted octanol–water partition coefficient (Wildman–Crippen LogP) is 4.46. The number of hydrogen-bond acceptors (Lipinski definition) is 5. The lowest BCUT2D eigenvalue weighted by molar-refractivity contribution is -0.139. The first-order chi connectivity index (χ1) is 17.8. The van der Waals surface area contributed by atoms with E-state index in [1.54, 1.807) is 16.7 Å². The molecule has 210 valence electrons. The molecule has 1 aromatic carbocycles. The number of anilines is 1. The van der Waals surface area contributed by atoms with Crippen molar-refractivity contribution in [1.82, 2.24) is 10.2 Å². The summed E-state index contributed by atoms with van der Waals surface area (Å²) in [4.78, 5) is 43.7. The van der Waals surface area contributed by atoms with Gasteiger partial charge in [-0.15, -0.1) is 11.8 Å². The van der Waals surface area contributed by atoms with Crippen LogP contribution in [0.25, 0.3) is 0 Å². The standard InChI is InChI=1S/C30H45N3O4S/c1-19-17-21-22(25(35)31-20-13-9-7-10-14-20)23-27(37)33(15-11-8-12-16-34)24(30(19,23)38-21)26(36)32-29(5,6)18-28(2,3)4/h7,9-10,13-14,19,21-24,34H,8,11-12,15-18H2,1-6H3,(H,31,35)(H,32,36)/t19?,21-,22+,23+,24?,30?/m1/s1. The Morgan fingerprint density at radius 3 is 2.39 bits per heavy atom. The summed E-state index contributed by atoms with van der Waals surface area (Å²) in [5, 5.41) is 15.6. The first kappa shape index (κ1) is 28.9. The minimum Gasteiger partial charge on any atom is -0.396 e. The van der Waals surface area contributed by atoms with Gasteiger partial charge in [0.05, 0.1) is 16.6 Å². The van der Waals surface area contributed by atoms with E-state index in [1.807, 2.05) is 44.2 Å². The fourth-order valence-electron chi connectivity index (χ4n) is 7.45. The van der Waals surface area contributed by atoms with E-state index in [2.05, 4.69) is 38.3 Å². The van der Waals surface area contributed by atoms with Gasteiger partial charge in [0, 0.05) is 29.6 Å². The molecule has 38 heavy (non-hydrogen) atoms. The minimum atomic E-state index is -0.626. The van der Waals surface area contributed by atoms with Crippen molar-refractivity contribution in [2.45, 2.75) is 95.2 Å². The number of hydrogen-bond donors (Lipinski definition) is 3. The highest BCUT2D eigenvalue weighted by atomic mass is 32.2. The molecule has 3 unspecified atom stereocenters. The summed E-state index contributed by atoms with van der Waals surface area (Å²) in [5.74, 6) is -1.17. The highest BCUT2D eigenvalue weighted by molar-refractivity contribution is 8.02. The van der Waals surface area contributed by atoms with Crippen molar-refractivity contribution in [3.63, 3.8) is 0 Å². The zero-order chi connectivity index (χ0) is 27.9. The molecule has 0 aromatic heterocycles. The Morgan fingerprint density at radius 1 is 1.08 bits per heavy atom. The molecule has 4 rings (SSSR count). The molecule has 6 atom stereocenters. The number of likely N-dealkylation sites (tertiary alicyclic amines) is 1. The van der Waals surface area contributed by atoms with E-state index in [9.17, 15) is 19.5 Å². The highest BCUT2D eigenvalue weighted by Crippen LogP contribution is 2.68.